The predicted octanol–water partition coefficient (Wildman–Crippen LogP) is 3.94. The molecular weight excluding hydrogens is 338 g/mol. The van der Waals surface area contributed by atoms with E-state index < -0.39 is 0 Å². The highest BCUT2D eigenvalue weighted by molar-refractivity contribution is 9.11. The zero-order valence-corrected chi connectivity index (χ0v) is 14.0. The van der Waals surface area contributed by atoms with E-state index in [-0.39, 0.29) is 17.4 Å². The first-order chi connectivity index (χ1) is 9.36. The lowest BCUT2D eigenvalue weighted by Gasteiger charge is -2.27. The topological polar surface area (TPSA) is 46.9 Å². The van der Waals surface area contributed by atoms with E-state index in [1.54, 1.807) is 11.3 Å². The van der Waals surface area contributed by atoms with Crippen LogP contribution in [0.1, 0.15) is 43.6 Å². The Morgan fingerprint density at radius 1 is 1.45 bits per heavy atom. The highest BCUT2D eigenvalue weighted by Crippen LogP contribution is 2.41. The number of hydrogen-bond acceptors (Lipinski definition) is 3. The van der Waals surface area contributed by atoms with E-state index in [0.717, 1.165) is 15.2 Å². The molecule has 0 saturated heterocycles. The van der Waals surface area contributed by atoms with Gasteiger partial charge in [0.25, 0.3) is 0 Å². The van der Waals surface area contributed by atoms with Crippen molar-refractivity contribution in [2.24, 2.45) is 0 Å². The lowest BCUT2D eigenvalue weighted by atomic mass is 9.92. The Morgan fingerprint density at radius 3 is 2.80 bits per heavy atom. The van der Waals surface area contributed by atoms with E-state index in [1.165, 1.54) is 4.88 Å². The first-order valence-corrected chi connectivity index (χ1v) is 8.10. The molecule has 2 aromatic heterocycles. The summed E-state index contributed by atoms with van der Waals surface area (Å²) in [4.78, 5) is 13.2. The predicted molar refractivity (Wildman–Crippen MR) is 84.3 cm³/mol. The van der Waals surface area contributed by atoms with Crippen LogP contribution in [0.3, 0.4) is 0 Å². The largest absolute Gasteiger partial charge is 0.311 e. The van der Waals surface area contributed by atoms with Crippen LogP contribution in [-0.2, 0) is 10.3 Å². The summed E-state index contributed by atoms with van der Waals surface area (Å²) in [6.07, 6.45) is 2.37. The van der Waals surface area contributed by atoms with Crippen molar-refractivity contribution in [1.29, 1.82) is 0 Å². The van der Waals surface area contributed by atoms with E-state index in [1.807, 2.05) is 16.9 Å². The van der Waals surface area contributed by atoms with Crippen LogP contribution in [0.25, 0.3) is 0 Å². The second kappa shape index (κ2) is 4.70. The number of carbonyl (C=O) groups excluding carboxylic acids is 1. The molecule has 0 aromatic carbocycles. The molecule has 3 heterocycles. The maximum absolute atomic E-state index is 12.0. The summed E-state index contributed by atoms with van der Waals surface area (Å²) >= 11 is 5.16. The number of nitrogens with one attached hydrogen (secondary N) is 1. The van der Waals surface area contributed by atoms with Crippen molar-refractivity contribution in [3.8, 4) is 0 Å². The minimum absolute atomic E-state index is 0.0537. The molecule has 1 aliphatic heterocycles. The number of aromatic nitrogens is 2. The summed E-state index contributed by atoms with van der Waals surface area (Å²) in [5, 5.41) is 7.46. The van der Waals surface area contributed by atoms with Crippen molar-refractivity contribution in [1.82, 2.24) is 9.78 Å². The number of carbonyl (C=O) groups is 1. The molecule has 20 heavy (non-hydrogen) atoms. The van der Waals surface area contributed by atoms with Gasteiger partial charge in [-0.3, -0.25) is 4.79 Å². The van der Waals surface area contributed by atoms with Gasteiger partial charge in [0.05, 0.1) is 15.5 Å². The van der Waals surface area contributed by atoms with Crippen LogP contribution in [0.15, 0.2) is 22.1 Å². The van der Waals surface area contributed by atoms with E-state index in [2.05, 4.69) is 53.2 Å². The zero-order valence-electron chi connectivity index (χ0n) is 11.6. The first kappa shape index (κ1) is 13.8. The molecule has 2 aromatic rings. The molecule has 0 unspecified atom stereocenters. The lowest BCUT2D eigenvalue weighted by Crippen LogP contribution is -2.30. The van der Waals surface area contributed by atoms with Gasteiger partial charge in [0.1, 0.15) is 5.82 Å². The molecule has 1 aliphatic rings. The molecule has 3 rings (SSSR count). The van der Waals surface area contributed by atoms with E-state index in [0.29, 0.717) is 6.42 Å². The van der Waals surface area contributed by atoms with Gasteiger partial charge in [-0.15, -0.1) is 11.3 Å². The van der Waals surface area contributed by atoms with Gasteiger partial charge in [-0.05, 0) is 48.8 Å². The Hall–Kier alpha value is -1.14. The van der Waals surface area contributed by atoms with E-state index in [9.17, 15) is 4.79 Å². The summed E-state index contributed by atoms with van der Waals surface area (Å²) in [7, 11) is 0. The molecule has 0 aliphatic carbocycles. The molecule has 106 valence electrons. The molecule has 0 fully saturated rings. The van der Waals surface area contributed by atoms with Crippen LogP contribution in [-0.4, -0.2) is 15.7 Å². The highest BCUT2D eigenvalue weighted by atomic mass is 79.9. The minimum atomic E-state index is -0.154. The minimum Gasteiger partial charge on any atom is -0.311 e. The van der Waals surface area contributed by atoms with Crippen LogP contribution < -0.4 is 5.32 Å². The van der Waals surface area contributed by atoms with Gasteiger partial charge < -0.3 is 5.32 Å². The Balaban J connectivity index is 2.10. The number of thiophene rings is 1. The number of rotatable bonds is 1. The third-order valence-corrected chi connectivity index (χ3v) is 5.13. The van der Waals surface area contributed by atoms with Crippen molar-refractivity contribution < 1.29 is 4.79 Å². The monoisotopic (exact) mass is 353 g/mol. The average Bonchev–Trinajstić information content (AvgIpc) is 2.93. The number of anilines is 1. The SMILES string of the molecule is CC(C)(C)n1ncc2c1NC(=O)C[C@@H]2c1ccc(Br)s1. The summed E-state index contributed by atoms with van der Waals surface area (Å²) < 4.78 is 2.98. The average molecular weight is 354 g/mol. The van der Waals surface area contributed by atoms with Crippen LogP contribution in [0, 0.1) is 0 Å². The normalized spacial score (nSPS) is 18.8. The molecule has 0 radical (unpaired) electrons. The van der Waals surface area contributed by atoms with E-state index >= 15 is 0 Å². The molecule has 6 heteroatoms. The third kappa shape index (κ3) is 2.31. The number of amides is 1. The number of nitrogens with zero attached hydrogens (tertiary/aromatic N) is 2. The fraction of sp³-hybridized carbons (Fsp3) is 0.429. The van der Waals surface area contributed by atoms with Crippen LogP contribution in [0.4, 0.5) is 5.82 Å². The van der Waals surface area contributed by atoms with Gasteiger partial charge in [0.2, 0.25) is 5.91 Å². The van der Waals surface area contributed by atoms with Crippen LogP contribution >= 0.6 is 27.3 Å². The molecular formula is C14H16BrN3OS. The smallest absolute Gasteiger partial charge is 0.226 e. The third-order valence-electron chi connectivity index (χ3n) is 3.39. The van der Waals surface area contributed by atoms with Crippen molar-refractivity contribution in [2.75, 3.05) is 5.32 Å². The Bertz CT molecular complexity index is 668. The van der Waals surface area contributed by atoms with Gasteiger partial charge in [0, 0.05) is 22.8 Å². The van der Waals surface area contributed by atoms with Gasteiger partial charge in [-0.1, -0.05) is 0 Å². The fourth-order valence-corrected chi connectivity index (χ4v) is 4.04. The van der Waals surface area contributed by atoms with Crippen molar-refractivity contribution in [2.45, 2.75) is 38.6 Å². The van der Waals surface area contributed by atoms with Gasteiger partial charge in [0.15, 0.2) is 0 Å². The Labute approximate surface area is 130 Å². The Morgan fingerprint density at radius 2 is 2.20 bits per heavy atom. The second-order valence-electron chi connectivity index (χ2n) is 5.98. The number of halogens is 1. The summed E-state index contributed by atoms with van der Waals surface area (Å²) in [6.45, 7) is 6.24. The number of hydrogen-bond donors (Lipinski definition) is 1. The van der Waals surface area contributed by atoms with Crippen LogP contribution in [0.5, 0.6) is 0 Å². The van der Waals surface area contributed by atoms with Crippen LogP contribution in [0.2, 0.25) is 0 Å². The Kier molecular flexibility index (Phi) is 3.25. The molecule has 1 amide bonds. The van der Waals surface area contributed by atoms with Crippen molar-refractivity contribution >= 4 is 39.0 Å². The number of fused-ring (bicyclic) bond motifs is 1. The zero-order chi connectivity index (χ0) is 14.5. The summed E-state index contributed by atoms with van der Waals surface area (Å²) in [6, 6.07) is 4.11. The molecule has 1 N–H and O–H groups in total. The van der Waals surface area contributed by atoms with Gasteiger partial charge >= 0.3 is 0 Å². The maximum Gasteiger partial charge on any atom is 0.226 e. The molecule has 0 bridgehead atoms. The van der Waals surface area contributed by atoms with E-state index in [4.69, 9.17) is 0 Å². The summed E-state index contributed by atoms with van der Waals surface area (Å²) in [5.41, 5.74) is 0.951. The molecule has 1 atom stereocenters. The summed E-state index contributed by atoms with van der Waals surface area (Å²) in [5.74, 6) is 0.993. The molecule has 0 spiro atoms. The maximum atomic E-state index is 12.0. The van der Waals surface area contributed by atoms with Gasteiger partial charge in [-0.25, -0.2) is 4.68 Å². The van der Waals surface area contributed by atoms with Crippen molar-refractivity contribution in [3.63, 3.8) is 0 Å². The molecule has 0 saturated carbocycles. The molecule has 4 nitrogen and oxygen atoms in total. The lowest BCUT2D eigenvalue weighted by molar-refractivity contribution is -0.116. The standard InChI is InChI=1S/C14H16BrN3OS/c1-14(2,3)18-13-9(7-16-18)8(6-12(19)17-13)10-4-5-11(15)20-10/h4-5,7-8H,6H2,1-3H3,(H,17,19)/t8-/m0/s1. The quantitative estimate of drug-likeness (QED) is 0.843. The first-order valence-electron chi connectivity index (χ1n) is 6.50. The van der Waals surface area contributed by atoms with Gasteiger partial charge in [-0.2, -0.15) is 5.10 Å². The van der Waals surface area contributed by atoms with Crippen molar-refractivity contribution in [3.05, 3.63) is 32.6 Å². The fourth-order valence-electron chi connectivity index (χ4n) is 2.50. The second-order valence-corrected chi connectivity index (χ2v) is 8.47. The highest BCUT2D eigenvalue weighted by Gasteiger charge is 2.33.